The van der Waals surface area contributed by atoms with Crippen LogP contribution in [0.25, 0.3) is 22.2 Å². The maximum absolute atomic E-state index is 11.8. The Labute approximate surface area is 196 Å². The van der Waals surface area contributed by atoms with Crippen LogP contribution in [-0.2, 0) is 0 Å². The number of amides is 1. The molecule has 7 nitrogen and oxygen atoms in total. The van der Waals surface area contributed by atoms with Crippen LogP contribution in [0.4, 0.5) is 11.6 Å². The number of H-pyrrole nitrogens is 1. The fraction of sp³-hybridized carbons (Fsp3) is 0.0741. The molecule has 34 heavy (non-hydrogen) atoms. The van der Waals surface area contributed by atoms with Gasteiger partial charge in [0.2, 0.25) is 5.95 Å². The number of aromatic amines is 1. The van der Waals surface area contributed by atoms with E-state index in [1.54, 1.807) is 25.4 Å². The minimum Gasteiger partial charge on any atom is -0.457 e. The lowest BCUT2D eigenvalue weighted by Crippen LogP contribution is -2.18. The van der Waals surface area contributed by atoms with Crippen LogP contribution < -0.4 is 15.4 Å². The molecule has 0 radical (unpaired) electrons. The molecular formula is C27H23N5O2. The molecule has 0 saturated heterocycles. The van der Waals surface area contributed by atoms with Gasteiger partial charge in [-0.2, -0.15) is 0 Å². The molecule has 0 aliphatic carbocycles. The smallest absolute Gasteiger partial charge is 0.269 e. The number of rotatable bonds is 6. The molecule has 0 unspecified atom stereocenters. The van der Waals surface area contributed by atoms with Gasteiger partial charge in [-0.25, -0.2) is 4.98 Å². The van der Waals surface area contributed by atoms with Crippen LogP contribution in [0.1, 0.15) is 16.1 Å². The van der Waals surface area contributed by atoms with Crippen molar-refractivity contribution in [3.8, 4) is 22.6 Å². The highest BCUT2D eigenvalue weighted by Gasteiger charge is 2.09. The van der Waals surface area contributed by atoms with E-state index in [1.807, 2.05) is 30.3 Å². The van der Waals surface area contributed by atoms with Gasteiger partial charge in [-0.05, 0) is 48.4 Å². The van der Waals surface area contributed by atoms with Gasteiger partial charge in [0.25, 0.3) is 5.91 Å². The lowest BCUT2D eigenvalue weighted by atomic mass is 10.0. The van der Waals surface area contributed by atoms with Crippen molar-refractivity contribution in [3.05, 3.63) is 96.3 Å². The molecule has 0 aliphatic heterocycles. The predicted octanol–water partition coefficient (Wildman–Crippen LogP) is 5.83. The Kier molecular flexibility index (Phi) is 5.66. The molecule has 0 saturated carbocycles. The summed E-state index contributed by atoms with van der Waals surface area (Å²) in [4.78, 5) is 23.8. The Hall–Kier alpha value is -4.65. The highest BCUT2D eigenvalue weighted by Crippen LogP contribution is 2.28. The second-order valence-electron chi connectivity index (χ2n) is 7.90. The molecule has 0 aliphatic rings. The Morgan fingerprint density at radius 3 is 2.53 bits per heavy atom. The van der Waals surface area contributed by atoms with Gasteiger partial charge in [-0.3, -0.25) is 9.78 Å². The Balaban J connectivity index is 1.36. The molecule has 0 spiro atoms. The summed E-state index contributed by atoms with van der Waals surface area (Å²) in [5, 5.41) is 5.91. The molecule has 1 amide bonds. The van der Waals surface area contributed by atoms with Crippen LogP contribution in [0.15, 0.2) is 85.1 Å². The van der Waals surface area contributed by atoms with Crippen molar-refractivity contribution >= 4 is 28.6 Å². The van der Waals surface area contributed by atoms with Crippen LogP contribution in [0.5, 0.6) is 11.5 Å². The van der Waals surface area contributed by atoms with Crippen LogP contribution in [0.2, 0.25) is 0 Å². The number of hydrogen-bond acceptors (Lipinski definition) is 5. The number of benzene rings is 3. The number of hydrogen-bond donors (Lipinski definition) is 3. The van der Waals surface area contributed by atoms with Crippen molar-refractivity contribution in [2.45, 2.75) is 6.92 Å². The summed E-state index contributed by atoms with van der Waals surface area (Å²) in [7, 11) is 1.56. The molecule has 5 rings (SSSR count). The summed E-state index contributed by atoms with van der Waals surface area (Å²) in [6.07, 6.45) is 1.54. The summed E-state index contributed by atoms with van der Waals surface area (Å²) < 4.78 is 5.94. The molecule has 168 valence electrons. The highest BCUT2D eigenvalue weighted by molar-refractivity contribution is 5.92. The first-order valence-corrected chi connectivity index (χ1v) is 10.9. The number of carbonyl (C=O) groups excluding carboxylic acids is 1. The number of pyridine rings is 1. The van der Waals surface area contributed by atoms with Gasteiger partial charge in [0.1, 0.15) is 17.2 Å². The second-order valence-corrected chi connectivity index (χ2v) is 7.90. The zero-order valence-corrected chi connectivity index (χ0v) is 18.8. The van der Waals surface area contributed by atoms with E-state index in [1.165, 1.54) is 11.1 Å². The maximum Gasteiger partial charge on any atom is 0.269 e. The Bertz CT molecular complexity index is 1490. The molecule has 5 aromatic rings. The first kappa shape index (κ1) is 21.2. The highest BCUT2D eigenvalue weighted by atomic mass is 16.5. The van der Waals surface area contributed by atoms with Gasteiger partial charge in [0.15, 0.2) is 0 Å². The van der Waals surface area contributed by atoms with Gasteiger partial charge in [0, 0.05) is 31.1 Å². The van der Waals surface area contributed by atoms with Gasteiger partial charge in [-0.15, -0.1) is 0 Å². The fourth-order valence-electron chi connectivity index (χ4n) is 3.71. The van der Waals surface area contributed by atoms with Crippen LogP contribution in [0, 0.1) is 6.92 Å². The molecule has 2 aromatic heterocycles. The van der Waals surface area contributed by atoms with Gasteiger partial charge >= 0.3 is 0 Å². The molecule has 3 aromatic carbocycles. The number of imidazole rings is 1. The molecule has 2 heterocycles. The minimum absolute atomic E-state index is 0.267. The first-order valence-electron chi connectivity index (χ1n) is 10.9. The van der Waals surface area contributed by atoms with E-state index in [0.717, 1.165) is 22.3 Å². The van der Waals surface area contributed by atoms with Gasteiger partial charge in [-0.1, -0.05) is 42.0 Å². The molecule has 3 N–H and O–H groups in total. The molecule has 0 atom stereocenters. The van der Waals surface area contributed by atoms with Crippen molar-refractivity contribution in [1.82, 2.24) is 20.3 Å². The zero-order chi connectivity index (χ0) is 23.5. The fourth-order valence-corrected chi connectivity index (χ4v) is 3.71. The maximum atomic E-state index is 11.8. The molecule has 7 heteroatoms. The van der Waals surface area contributed by atoms with E-state index in [0.29, 0.717) is 23.1 Å². The van der Waals surface area contributed by atoms with E-state index >= 15 is 0 Å². The Morgan fingerprint density at radius 1 is 0.912 bits per heavy atom. The molecule has 0 bridgehead atoms. The van der Waals surface area contributed by atoms with Crippen LogP contribution >= 0.6 is 0 Å². The Morgan fingerprint density at radius 2 is 1.71 bits per heavy atom. The summed E-state index contributed by atoms with van der Waals surface area (Å²) in [6, 6.07) is 25.6. The van der Waals surface area contributed by atoms with Gasteiger partial charge < -0.3 is 20.4 Å². The molecular weight excluding hydrogens is 426 g/mol. The van der Waals surface area contributed by atoms with Crippen molar-refractivity contribution < 1.29 is 9.53 Å². The van der Waals surface area contributed by atoms with Gasteiger partial charge in [0.05, 0.1) is 11.0 Å². The van der Waals surface area contributed by atoms with Crippen molar-refractivity contribution in [1.29, 1.82) is 0 Å². The summed E-state index contributed by atoms with van der Waals surface area (Å²) in [6.45, 7) is 2.09. The zero-order valence-electron chi connectivity index (χ0n) is 18.8. The third-order valence-corrected chi connectivity index (χ3v) is 5.36. The largest absolute Gasteiger partial charge is 0.457 e. The quantitative estimate of drug-likeness (QED) is 0.303. The number of nitrogens with one attached hydrogen (secondary N) is 3. The number of fused-ring (bicyclic) bond motifs is 1. The first-order chi connectivity index (χ1) is 16.6. The second kappa shape index (κ2) is 9.07. The molecule has 0 fully saturated rings. The van der Waals surface area contributed by atoms with Crippen molar-refractivity contribution in [2.24, 2.45) is 0 Å². The number of ether oxygens (including phenoxy) is 1. The average molecular weight is 450 g/mol. The van der Waals surface area contributed by atoms with Crippen LogP contribution in [-0.4, -0.2) is 27.9 Å². The summed E-state index contributed by atoms with van der Waals surface area (Å²) >= 11 is 0. The lowest BCUT2D eigenvalue weighted by Gasteiger charge is -2.07. The third kappa shape index (κ3) is 4.59. The predicted molar refractivity (Wildman–Crippen MR) is 134 cm³/mol. The van der Waals surface area contributed by atoms with E-state index in [4.69, 9.17) is 4.74 Å². The monoisotopic (exact) mass is 449 g/mol. The SMILES string of the molecule is CNC(=O)c1cc(Oc2ccc3nc(Nc4cccc(-c5cccc(C)c5)c4)[nH]c3c2)ccn1. The van der Waals surface area contributed by atoms with Crippen molar-refractivity contribution in [3.63, 3.8) is 0 Å². The van der Waals surface area contributed by atoms with E-state index in [2.05, 4.69) is 68.9 Å². The number of aryl methyl sites for hydroxylation is 1. The lowest BCUT2D eigenvalue weighted by molar-refractivity contribution is 0.0958. The van der Waals surface area contributed by atoms with E-state index in [-0.39, 0.29) is 5.91 Å². The number of aromatic nitrogens is 3. The summed E-state index contributed by atoms with van der Waals surface area (Å²) in [5.41, 5.74) is 6.40. The standard InChI is InChI=1S/C27H23N5O2/c1-17-5-3-6-18(13-17)19-7-4-8-20(14-19)30-27-31-23-10-9-21(15-24(23)32-27)34-22-11-12-29-25(16-22)26(33)28-2/h3-16H,1-2H3,(H,28,33)(H2,30,31,32). The normalized spacial score (nSPS) is 10.8. The number of nitrogens with zero attached hydrogens (tertiary/aromatic N) is 2. The topological polar surface area (TPSA) is 91.9 Å². The van der Waals surface area contributed by atoms with E-state index < -0.39 is 0 Å². The number of carbonyl (C=O) groups is 1. The van der Waals surface area contributed by atoms with Crippen LogP contribution in [0.3, 0.4) is 0 Å². The van der Waals surface area contributed by atoms with E-state index in [9.17, 15) is 4.79 Å². The van der Waals surface area contributed by atoms with Crippen molar-refractivity contribution in [2.75, 3.05) is 12.4 Å². The number of anilines is 2. The minimum atomic E-state index is -0.267. The third-order valence-electron chi connectivity index (χ3n) is 5.36. The summed E-state index contributed by atoms with van der Waals surface area (Å²) in [5.74, 6) is 1.52. The average Bonchev–Trinajstić information content (AvgIpc) is 3.25.